The molecule has 0 fully saturated rings. The highest BCUT2D eigenvalue weighted by molar-refractivity contribution is 5.74. The normalized spacial score (nSPS) is 13.8. The molecule has 4 N–H and O–H groups in total. The standard InChI is InChI=1S/C16H23FN2O3/c1-2-3-10-18-16(22)19-14(11-20)15(21)9-6-12-4-7-13(17)8-5-12/h4-9,14-15,20-21H,2-3,10-11H2,1H3,(H2,18,19,22). The summed E-state index contributed by atoms with van der Waals surface area (Å²) in [5.41, 5.74) is 0.713. The van der Waals surface area contributed by atoms with Gasteiger partial charge in [-0.15, -0.1) is 0 Å². The van der Waals surface area contributed by atoms with Crippen LogP contribution < -0.4 is 10.6 Å². The van der Waals surface area contributed by atoms with Crippen molar-refractivity contribution in [2.75, 3.05) is 13.2 Å². The molecule has 0 radical (unpaired) electrons. The Balaban J connectivity index is 2.51. The van der Waals surface area contributed by atoms with Crippen LogP contribution in [0.15, 0.2) is 30.3 Å². The zero-order valence-corrected chi connectivity index (χ0v) is 12.6. The van der Waals surface area contributed by atoms with E-state index in [4.69, 9.17) is 0 Å². The Bertz CT molecular complexity index is 477. The van der Waals surface area contributed by atoms with Crippen LogP contribution in [-0.2, 0) is 0 Å². The van der Waals surface area contributed by atoms with Gasteiger partial charge in [-0.2, -0.15) is 0 Å². The fraction of sp³-hybridized carbons (Fsp3) is 0.438. The summed E-state index contributed by atoms with van der Waals surface area (Å²) < 4.78 is 12.8. The van der Waals surface area contributed by atoms with E-state index in [-0.39, 0.29) is 5.82 Å². The molecule has 2 amide bonds. The van der Waals surface area contributed by atoms with Gasteiger partial charge in [-0.25, -0.2) is 9.18 Å². The van der Waals surface area contributed by atoms with Gasteiger partial charge in [0.2, 0.25) is 0 Å². The fourth-order valence-electron chi connectivity index (χ4n) is 1.75. The maximum atomic E-state index is 12.8. The molecule has 1 rings (SSSR count). The Morgan fingerprint density at radius 1 is 1.36 bits per heavy atom. The Hall–Kier alpha value is -1.92. The summed E-state index contributed by atoms with van der Waals surface area (Å²) >= 11 is 0. The molecule has 22 heavy (non-hydrogen) atoms. The predicted octanol–water partition coefficient (Wildman–Crippen LogP) is 1.66. The van der Waals surface area contributed by atoms with E-state index in [0.29, 0.717) is 12.1 Å². The SMILES string of the molecule is CCCCNC(=O)NC(CO)C(O)C=Cc1ccc(F)cc1. The molecule has 2 unspecified atom stereocenters. The second-order valence-electron chi connectivity index (χ2n) is 4.94. The first-order chi connectivity index (χ1) is 10.6. The number of aliphatic hydroxyl groups excluding tert-OH is 2. The van der Waals surface area contributed by atoms with Gasteiger partial charge in [0.05, 0.1) is 18.8 Å². The van der Waals surface area contributed by atoms with Crippen LogP contribution in [0.1, 0.15) is 25.3 Å². The summed E-state index contributed by atoms with van der Waals surface area (Å²) in [4.78, 5) is 11.6. The van der Waals surface area contributed by atoms with Crippen molar-refractivity contribution in [3.63, 3.8) is 0 Å². The lowest BCUT2D eigenvalue weighted by molar-refractivity contribution is 0.126. The minimum Gasteiger partial charge on any atom is -0.394 e. The first kappa shape index (κ1) is 18.1. The topological polar surface area (TPSA) is 81.6 Å². The largest absolute Gasteiger partial charge is 0.394 e. The van der Waals surface area contributed by atoms with Gasteiger partial charge in [-0.1, -0.05) is 37.6 Å². The quantitative estimate of drug-likeness (QED) is 0.551. The molecule has 2 atom stereocenters. The van der Waals surface area contributed by atoms with E-state index in [0.717, 1.165) is 12.8 Å². The molecular formula is C16H23FN2O3. The summed E-state index contributed by atoms with van der Waals surface area (Å²) in [6.07, 6.45) is 3.83. The highest BCUT2D eigenvalue weighted by atomic mass is 19.1. The number of carbonyl (C=O) groups excluding carboxylic acids is 1. The Morgan fingerprint density at radius 3 is 2.64 bits per heavy atom. The number of amides is 2. The summed E-state index contributed by atoms with van der Waals surface area (Å²) in [6, 6.07) is 4.53. The number of nitrogens with one attached hydrogen (secondary N) is 2. The number of hydrogen-bond donors (Lipinski definition) is 4. The van der Waals surface area contributed by atoms with Gasteiger partial charge in [0.1, 0.15) is 5.82 Å². The predicted molar refractivity (Wildman–Crippen MR) is 83.8 cm³/mol. The van der Waals surface area contributed by atoms with Gasteiger partial charge < -0.3 is 20.8 Å². The molecule has 0 aliphatic heterocycles. The third-order valence-corrected chi connectivity index (χ3v) is 3.10. The minimum absolute atomic E-state index is 0.337. The molecule has 122 valence electrons. The second kappa shape index (κ2) is 9.92. The third-order valence-electron chi connectivity index (χ3n) is 3.10. The van der Waals surface area contributed by atoms with Crippen LogP contribution in [0.2, 0.25) is 0 Å². The van der Waals surface area contributed by atoms with Gasteiger partial charge in [-0.3, -0.25) is 0 Å². The summed E-state index contributed by atoms with van der Waals surface area (Å²) in [7, 11) is 0. The van der Waals surface area contributed by atoms with Gasteiger partial charge in [0, 0.05) is 6.54 Å². The maximum absolute atomic E-state index is 12.8. The molecule has 0 bridgehead atoms. The highest BCUT2D eigenvalue weighted by Gasteiger charge is 2.17. The molecule has 5 nitrogen and oxygen atoms in total. The number of hydrogen-bond acceptors (Lipinski definition) is 3. The third kappa shape index (κ3) is 6.69. The monoisotopic (exact) mass is 310 g/mol. The van der Waals surface area contributed by atoms with Crippen LogP contribution in [0.3, 0.4) is 0 Å². The van der Waals surface area contributed by atoms with Crippen molar-refractivity contribution in [1.82, 2.24) is 10.6 Å². The van der Waals surface area contributed by atoms with Crippen LogP contribution in [0.5, 0.6) is 0 Å². The molecule has 0 aliphatic carbocycles. The zero-order valence-electron chi connectivity index (χ0n) is 12.6. The lowest BCUT2D eigenvalue weighted by atomic mass is 10.1. The van der Waals surface area contributed by atoms with E-state index < -0.39 is 24.8 Å². The average Bonchev–Trinajstić information content (AvgIpc) is 2.52. The van der Waals surface area contributed by atoms with Gasteiger partial charge in [0.15, 0.2) is 0 Å². The van der Waals surface area contributed by atoms with Crippen molar-refractivity contribution in [3.05, 3.63) is 41.7 Å². The maximum Gasteiger partial charge on any atom is 0.315 e. The van der Waals surface area contributed by atoms with Crippen LogP contribution in [0.4, 0.5) is 9.18 Å². The molecule has 1 aromatic rings. The lowest BCUT2D eigenvalue weighted by Crippen LogP contribution is -2.49. The summed E-state index contributed by atoms with van der Waals surface area (Å²) in [5.74, 6) is -0.337. The highest BCUT2D eigenvalue weighted by Crippen LogP contribution is 2.06. The van der Waals surface area contributed by atoms with Crippen LogP contribution in [0, 0.1) is 5.82 Å². The average molecular weight is 310 g/mol. The summed E-state index contributed by atoms with van der Waals surface area (Å²) in [6.45, 7) is 2.16. The van der Waals surface area contributed by atoms with Crippen molar-refractivity contribution in [1.29, 1.82) is 0 Å². The van der Waals surface area contributed by atoms with E-state index in [2.05, 4.69) is 10.6 Å². The first-order valence-corrected chi connectivity index (χ1v) is 7.34. The molecule has 0 spiro atoms. The molecule has 0 saturated heterocycles. The number of carbonyl (C=O) groups is 1. The van der Waals surface area contributed by atoms with E-state index in [1.807, 2.05) is 6.92 Å². The van der Waals surface area contributed by atoms with Crippen molar-refractivity contribution >= 4 is 12.1 Å². The van der Waals surface area contributed by atoms with Gasteiger partial charge in [-0.05, 0) is 24.1 Å². The Kier molecular flexibility index (Phi) is 8.17. The number of unbranched alkanes of at least 4 members (excludes halogenated alkanes) is 1. The number of halogens is 1. The van der Waals surface area contributed by atoms with E-state index in [9.17, 15) is 19.4 Å². The number of rotatable bonds is 8. The van der Waals surface area contributed by atoms with E-state index in [1.165, 1.54) is 18.2 Å². The van der Waals surface area contributed by atoms with E-state index in [1.54, 1.807) is 18.2 Å². The Labute approximate surface area is 129 Å². The Morgan fingerprint density at radius 2 is 2.05 bits per heavy atom. The lowest BCUT2D eigenvalue weighted by Gasteiger charge is -2.20. The second-order valence-corrected chi connectivity index (χ2v) is 4.94. The number of aliphatic hydroxyl groups is 2. The van der Waals surface area contributed by atoms with Crippen LogP contribution in [-0.4, -0.2) is 41.5 Å². The van der Waals surface area contributed by atoms with E-state index >= 15 is 0 Å². The molecule has 1 aromatic carbocycles. The van der Waals surface area contributed by atoms with Crippen molar-refractivity contribution in [2.45, 2.75) is 31.9 Å². The first-order valence-electron chi connectivity index (χ1n) is 7.34. The summed E-state index contributed by atoms with van der Waals surface area (Å²) in [5, 5.41) is 24.4. The van der Waals surface area contributed by atoms with Gasteiger partial charge >= 0.3 is 6.03 Å². The molecule has 0 saturated carbocycles. The molecule has 0 heterocycles. The zero-order chi connectivity index (χ0) is 16.4. The molecular weight excluding hydrogens is 287 g/mol. The number of urea groups is 1. The van der Waals surface area contributed by atoms with Crippen molar-refractivity contribution < 1.29 is 19.4 Å². The van der Waals surface area contributed by atoms with Gasteiger partial charge in [0.25, 0.3) is 0 Å². The molecule has 6 heteroatoms. The minimum atomic E-state index is -1.05. The molecule has 0 aromatic heterocycles. The fourth-order valence-corrected chi connectivity index (χ4v) is 1.75. The van der Waals surface area contributed by atoms with Crippen molar-refractivity contribution in [3.8, 4) is 0 Å². The molecule has 0 aliphatic rings. The van der Waals surface area contributed by atoms with Crippen LogP contribution in [0.25, 0.3) is 6.08 Å². The van der Waals surface area contributed by atoms with Crippen LogP contribution >= 0.6 is 0 Å². The smallest absolute Gasteiger partial charge is 0.315 e. The van der Waals surface area contributed by atoms with Crippen molar-refractivity contribution in [2.24, 2.45) is 0 Å². The number of benzene rings is 1.